The Morgan fingerprint density at radius 2 is 1.43 bits per heavy atom. The van der Waals surface area contributed by atoms with Crippen LogP contribution in [0.15, 0.2) is 18.2 Å². The molecule has 0 aliphatic rings. The zero-order valence-electron chi connectivity index (χ0n) is 19.1. The van der Waals surface area contributed by atoms with E-state index in [9.17, 15) is 0 Å². The summed E-state index contributed by atoms with van der Waals surface area (Å²) >= 11 is 0. The largest absolute Gasteiger partial charge is 0.399 e. The first-order chi connectivity index (χ1) is 14.6. The predicted molar refractivity (Wildman–Crippen MR) is 119 cm³/mol. The number of likely N-dealkylation sites (N-methyl/N-ethyl adjacent to an activating group) is 1. The van der Waals surface area contributed by atoms with Crippen LogP contribution in [0.5, 0.6) is 0 Å². The van der Waals surface area contributed by atoms with Crippen molar-refractivity contribution in [2.24, 2.45) is 0 Å². The van der Waals surface area contributed by atoms with Crippen LogP contribution in [0.25, 0.3) is 0 Å². The van der Waals surface area contributed by atoms with E-state index in [1.165, 1.54) is 5.69 Å². The summed E-state index contributed by atoms with van der Waals surface area (Å²) in [5, 5.41) is 0. The van der Waals surface area contributed by atoms with E-state index in [-0.39, 0.29) is 6.29 Å². The molecule has 0 saturated carbocycles. The number of benzene rings is 1. The lowest BCUT2D eigenvalue weighted by Gasteiger charge is -2.23. The standard InChI is InChI=1S/C22H40N2O6/c1-5-24(21-6-7-22(23)19(2)18-21)8-9-26-11-12-27-13-14-28-15-17-30-20(3)29-16-10-25-4/h6-7,18,20H,5,8-17,23H2,1-4H3. The molecule has 0 spiro atoms. The topological polar surface area (TPSA) is 84.6 Å². The van der Waals surface area contributed by atoms with E-state index in [0.29, 0.717) is 59.5 Å². The van der Waals surface area contributed by atoms with Crippen molar-refractivity contribution in [3.8, 4) is 0 Å². The van der Waals surface area contributed by atoms with Crippen molar-refractivity contribution in [1.82, 2.24) is 0 Å². The highest BCUT2D eigenvalue weighted by Gasteiger charge is 2.06. The second kappa shape index (κ2) is 17.3. The molecule has 174 valence electrons. The summed E-state index contributed by atoms with van der Waals surface area (Å²) in [7, 11) is 1.64. The fraction of sp³-hybridized carbons (Fsp3) is 0.727. The third kappa shape index (κ3) is 12.3. The van der Waals surface area contributed by atoms with E-state index in [2.05, 4.69) is 24.0 Å². The van der Waals surface area contributed by atoms with Crippen LogP contribution < -0.4 is 10.6 Å². The van der Waals surface area contributed by atoms with Gasteiger partial charge in [-0.15, -0.1) is 0 Å². The van der Waals surface area contributed by atoms with Gasteiger partial charge in [-0.05, 0) is 44.5 Å². The lowest BCUT2D eigenvalue weighted by Crippen LogP contribution is -2.27. The van der Waals surface area contributed by atoms with E-state index in [1.54, 1.807) is 7.11 Å². The molecule has 1 rings (SSSR count). The summed E-state index contributed by atoms with van der Waals surface area (Å²) in [6, 6.07) is 6.12. The molecule has 0 fully saturated rings. The zero-order valence-corrected chi connectivity index (χ0v) is 19.1. The molecule has 0 saturated heterocycles. The summed E-state index contributed by atoms with van der Waals surface area (Å²) < 4.78 is 32.4. The van der Waals surface area contributed by atoms with Crippen LogP contribution in [-0.2, 0) is 28.4 Å². The van der Waals surface area contributed by atoms with Crippen LogP contribution in [0.2, 0.25) is 0 Å². The van der Waals surface area contributed by atoms with E-state index in [1.807, 2.05) is 19.9 Å². The normalized spacial score (nSPS) is 12.3. The number of rotatable bonds is 19. The number of nitrogens with two attached hydrogens (primary N) is 1. The second-order valence-electron chi connectivity index (χ2n) is 6.76. The summed E-state index contributed by atoms with van der Waals surface area (Å²) in [6.07, 6.45) is -0.259. The van der Waals surface area contributed by atoms with Gasteiger partial charge >= 0.3 is 0 Å². The van der Waals surface area contributed by atoms with Crippen LogP contribution in [0, 0.1) is 6.92 Å². The Kier molecular flexibility index (Phi) is 15.3. The quantitative estimate of drug-likeness (QED) is 0.204. The summed E-state index contributed by atoms with van der Waals surface area (Å²) in [5.41, 5.74) is 8.98. The van der Waals surface area contributed by atoms with Crippen LogP contribution >= 0.6 is 0 Å². The molecule has 0 heterocycles. The number of anilines is 2. The Morgan fingerprint density at radius 1 is 0.867 bits per heavy atom. The third-order valence-electron chi connectivity index (χ3n) is 4.47. The molecule has 8 heteroatoms. The molecule has 1 unspecified atom stereocenters. The molecule has 8 nitrogen and oxygen atoms in total. The maximum Gasteiger partial charge on any atom is 0.155 e. The molecule has 1 atom stereocenters. The Morgan fingerprint density at radius 3 is 2.00 bits per heavy atom. The molecular formula is C22H40N2O6. The summed E-state index contributed by atoms with van der Waals surface area (Å²) in [6.45, 7) is 12.7. The van der Waals surface area contributed by atoms with Crippen LogP contribution in [0.4, 0.5) is 11.4 Å². The monoisotopic (exact) mass is 428 g/mol. The van der Waals surface area contributed by atoms with Gasteiger partial charge in [0, 0.05) is 31.6 Å². The van der Waals surface area contributed by atoms with Crippen molar-refractivity contribution in [1.29, 1.82) is 0 Å². The lowest BCUT2D eigenvalue weighted by molar-refractivity contribution is -0.146. The third-order valence-corrected chi connectivity index (χ3v) is 4.47. The van der Waals surface area contributed by atoms with Crippen LogP contribution in [0.3, 0.4) is 0 Å². The number of nitrogens with zero attached hydrogens (tertiary/aromatic N) is 1. The number of hydrogen-bond acceptors (Lipinski definition) is 8. The Labute approximate surface area is 181 Å². The van der Waals surface area contributed by atoms with Gasteiger partial charge in [0.15, 0.2) is 6.29 Å². The van der Waals surface area contributed by atoms with Crippen LogP contribution in [0.1, 0.15) is 19.4 Å². The van der Waals surface area contributed by atoms with E-state index < -0.39 is 0 Å². The van der Waals surface area contributed by atoms with Crippen LogP contribution in [-0.4, -0.2) is 86.0 Å². The first-order valence-electron chi connectivity index (χ1n) is 10.6. The van der Waals surface area contributed by atoms with Gasteiger partial charge in [0.05, 0.1) is 59.5 Å². The van der Waals surface area contributed by atoms with Crippen molar-refractivity contribution in [3.63, 3.8) is 0 Å². The van der Waals surface area contributed by atoms with Gasteiger partial charge in [-0.3, -0.25) is 0 Å². The minimum absolute atomic E-state index is 0.259. The lowest BCUT2D eigenvalue weighted by atomic mass is 10.1. The molecule has 1 aromatic rings. The zero-order chi connectivity index (χ0) is 22.0. The van der Waals surface area contributed by atoms with Crippen molar-refractivity contribution >= 4 is 11.4 Å². The highest BCUT2D eigenvalue weighted by molar-refractivity contribution is 5.57. The Balaban J connectivity index is 1.94. The highest BCUT2D eigenvalue weighted by Crippen LogP contribution is 2.20. The maximum absolute atomic E-state index is 5.89. The average molecular weight is 429 g/mol. The molecule has 1 aromatic carbocycles. The molecule has 0 aromatic heterocycles. The Bertz CT molecular complexity index is 546. The molecule has 0 aliphatic heterocycles. The minimum Gasteiger partial charge on any atom is -0.399 e. The smallest absolute Gasteiger partial charge is 0.155 e. The van der Waals surface area contributed by atoms with Gasteiger partial charge in [-0.2, -0.15) is 0 Å². The van der Waals surface area contributed by atoms with Crippen molar-refractivity contribution in [3.05, 3.63) is 23.8 Å². The van der Waals surface area contributed by atoms with Gasteiger partial charge in [0.2, 0.25) is 0 Å². The minimum atomic E-state index is -0.259. The number of nitrogen functional groups attached to an aromatic ring is 1. The van der Waals surface area contributed by atoms with Gasteiger partial charge < -0.3 is 39.1 Å². The summed E-state index contributed by atoms with van der Waals surface area (Å²) in [4.78, 5) is 2.27. The first-order valence-corrected chi connectivity index (χ1v) is 10.6. The SMILES string of the molecule is CCN(CCOCCOCCOCCOC(C)OCCOC)c1ccc(N)c(C)c1. The Hall–Kier alpha value is -1.42. The molecule has 0 radical (unpaired) electrons. The second-order valence-corrected chi connectivity index (χ2v) is 6.76. The molecular weight excluding hydrogens is 388 g/mol. The molecule has 0 aliphatic carbocycles. The first kappa shape index (κ1) is 26.6. The molecule has 0 amide bonds. The summed E-state index contributed by atoms with van der Waals surface area (Å²) in [5.74, 6) is 0. The van der Waals surface area contributed by atoms with E-state index in [0.717, 1.165) is 24.3 Å². The van der Waals surface area contributed by atoms with Crippen molar-refractivity contribution in [2.75, 3.05) is 90.3 Å². The fourth-order valence-corrected chi connectivity index (χ4v) is 2.66. The number of aryl methyl sites for hydroxylation is 1. The van der Waals surface area contributed by atoms with Crippen molar-refractivity contribution in [2.45, 2.75) is 27.1 Å². The van der Waals surface area contributed by atoms with Gasteiger partial charge in [-0.1, -0.05) is 0 Å². The van der Waals surface area contributed by atoms with Gasteiger partial charge in [-0.25, -0.2) is 0 Å². The van der Waals surface area contributed by atoms with Gasteiger partial charge in [0.25, 0.3) is 0 Å². The molecule has 0 bridgehead atoms. The molecule has 30 heavy (non-hydrogen) atoms. The van der Waals surface area contributed by atoms with E-state index in [4.69, 9.17) is 34.2 Å². The van der Waals surface area contributed by atoms with Crippen molar-refractivity contribution < 1.29 is 28.4 Å². The van der Waals surface area contributed by atoms with E-state index >= 15 is 0 Å². The predicted octanol–water partition coefficient (Wildman–Crippen LogP) is 2.48. The van der Waals surface area contributed by atoms with Gasteiger partial charge in [0.1, 0.15) is 0 Å². The average Bonchev–Trinajstić information content (AvgIpc) is 2.74. The highest BCUT2D eigenvalue weighted by atomic mass is 16.7. The number of methoxy groups -OCH3 is 1. The fourth-order valence-electron chi connectivity index (χ4n) is 2.66. The number of hydrogen-bond donors (Lipinski definition) is 1. The number of ether oxygens (including phenoxy) is 6. The molecule has 2 N–H and O–H groups in total. The maximum atomic E-state index is 5.89.